The number of furan rings is 1. The van der Waals surface area contributed by atoms with Gasteiger partial charge in [-0.2, -0.15) is 0 Å². The Morgan fingerprint density at radius 1 is 1.21 bits per heavy atom. The van der Waals surface area contributed by atoms with Gasteiger partial charge in [-0.05, 0) is 25.0 Å². The van der Waals surface area contributed by atoms with Gasteiger partial charge in [-0.1, -0.05) is 32.0 Å². The van der Waals surface area contributed by atoms with Crippen LogP contribution in [0.2, 0.25) is 0 Å². The van der Waals surface area contributed by atoms with Crippen molar-refractivity contribution in [3.8, 4) is 11.3 Å². The molecule has 3 aromatic heterocycles. The largest absolute Gasteiger partial charge is 0.454 e. The molecule has 0 spiro atoms. The van der Waals surface area contributed by atoms with Crippen molar-refractivity contribution in [1.82, 2.24) is 4.98 Å². The van der Waals surface area contributed by atoms with Crippen molar-refractivity contribution in [2.75, 3.05) is 0 Å². The van der Waals surface area contributed by atoms with E-state index in [1.807, 2.05) is 48.9 Å². The molecule has 0 bridgehead atoms. The highest BCUT2D eigenvalue weighted by Gasteiger charge is 2.21. The number of aryl methyl sites for hydroxylation is 2. The van der Waals surface area contributed by atoms with E-state index in [2.05, 4.69) is 4.98 Å². The smallest absolute Gasteiger partial charge is 0.214 e. The summed E-state index contributed by atoms with van der Waals surface area (Å²) < 4.78 is 39.2. The van der Waals surface area contributed by atoms with E-state index >= 15 is 0 Å². The lowest BCUT2D eigenvalue weighted by Crippen LogP contribution is -2.31. The molecule has 3 heterocycles. The monoisotopic (exact) mass is 321 g/mol. The van der Waals surface area contributed by atoms with E-state index in [0.29, 0.717) is 11.1 Å². The zero-order valence-electron chi connectivity index (χ0n) is 17.9. The van der Waals surface area contributed by atoms with Gasteiger partial charge in [0.1, 0.15) is 12.6 Å². The van der Waals surface area contributed by atoms with Crippen LogP contribution in [0.3, 0.4) is 0 Å². The maximum absolute atomic E-state index is 8.34. The highest BCUT2D eigenvalue weighted by molar-refractivity contribution is 6.11. The number of pyridine rings is 2. The molecule has 0 saturated carbocycles. The third kappa shape index (κ3) is 2.20. The van der Waals surface area contributed by atoms with Crippen molar-refractivity contribution in [2.24, 2.45) is 7.05 Å². The molecule has 0 aliphatic heterocycles. The van der Waals surface area contributed by atoms with Gasteiger partial charge in [-0.15, -0.1) is 0 Å². The van der Waals surface area contributed by atoms with Gasteiger partial charge >= 0.3 is 0 Å². The molecule has 4 rings (SSSR count). The Kier molecular flexibility index (Phi) is 2.49. The van der Waals surface area contributed by atoms with Gasteiger partial charge in [0.05, 0.1) is 17.5 Å². The highest BCUT2D eigenvalue weighted by Crippen LogP contribution is 2.36. The predicted octanol–water partition coefficient (Wildman–Crippen LogP) is 4.90. The molecule has 0 amide bonds. The molecule has 0 saturated heterocycles. The van der Waals surface area contributed by atoms with Gasteiger partial charge in [0, 0.05) is 27.9 Å². The summed E-state index contributed by atoms with van der Waals surface area (Å²) >= 11 is 0. The number of benzene rings is 1. The first-order valence-electron chi connectivity index (χ1n) is 9.88. The molecule has 3 nitrogen and oxygen atoms in total. The van der Waals surface area contributed by atoms with Crippen LogP contribution in [-0.4, -0.2) is 4.98 Å². The van der Waals surface area contributed by atoms with E-state index in [4.69, 9.17) is 9.90 Å². The van der Waals surface area contributed by atoms with Gasteiger partial charge in [0.25, 0.3) is 0 Å². The number of aromatic nitrogens is 2. The standard InChI is InChI=1S/C21H21N2O/c1-13(2)15-9-10-17(23(4)12-15)20-14(3)22-11-19-21(20)16-7-5-6-8-18(16)24-19/h5-13H,1-4H3/q+1/i1D3,13D. The van der Waals surface area contributed by atoms with Crippen LogP contribution in [0.1, 0.15) is 36.4 Å². The second-order valence-electron chi connectivity index (χ2n) is 6.10. The van der Waals surface area contributed by atoms with E-state index in [0.717, 1.165) is 33.3 Å². The van der Waals surface area contributed by atoms with E-state index < -0.39 is 12.7 Å². The van der Waals surface area contributed by atoms with Gasteiger partial charge in [0.15, 0.2) is 11.8 Å². The molecule has 0 radical (unpaired) electrons. The average Bonchev–Trinajstić information content (AvgIpc) is 3.00. The molecule has 1 atom stereocenters. The van der Waals surface area contributed by atoms with Crippen molar-refractivity contribution in [1.29, 1.82) is 0 Å². The van der Waals surface area contributed by atoms with E-state index in [1.165, 1.54) is 6.92 Å². The van der Waals surface area contributed by atoms with Crippen molar-refractivity contribution in [3.05, 3.63) is 60.0 Å². The van der Waals surface area contributed by atoms with Crippen LogP contribution in [0, 0.1) is 6.92 Å². The lowest BCUT2D eigenvalue weighted by atomic mass is 10.00. The number of rotatable bonds is 2. The van der Waals surface area contributed by atoms with Crippen LogP contribution in [0.25, 0.3) is 33.2 Å². The van der Waals surface area contributed by atoms with Gasteiger partial charge < -0.3 is 4.42 Å². The Morgan fingerprint density at radius 3 is 2.83 bits per heavy atom. The Labute approximate surface area is 147 Å². The zero-order chi connectivity index (χ0) is 20.3. The summed E-state index contributed by atoms with van der Waals surface area (Å²) in [6.07, 6.45) is 3.45. The number of fused-ring (bicyclic) bond motifs is 3. The normalized spacial score (nSPS) is 17.1. The molecular weight excluding hydrogens is 296 g/mol. The molecular formula is C21H21N2O+. The minimum absolute atomic E-state index is 0.439. The van der Waals surface area contributed by atoms with E-state index in [-0.39, 0.29) is 0 Å². The highest BCUT2D eigenvalue weighted by atomic mass is 16.3. The zero-order valence-corrected chi connectivity index (χ0v) is 13.9. The number of hydrogen-bond acceptors (Lipinski definition) is 2. The van der Waals surface area contributed by atoms with Crippen LogP contribution < -0.4 is 4.57 Å². The Morgan fingerprint density at radius 2 is 2.04 bits per heavy atom. The maximum atomic E-state index is 8.34. The molecule has 0 aliphatic carbocycles. The third-order valence-electron chi connectivity index (χ3n) is 4.43. The van der Waals surface area contributed by atoms with Crippen LogP contribution in [0.5, 0.6) is 0 Å². The molecule has 1 unspecified atom stereocenters. The fourth-order valence-corrected chi connectivity index (χ4v) is 3.22. The van der Waals surface area contributed by atoms with Gasteiger partial charge in [-0.25, -0.2) is 4.57 Å². The Bertz CT molecular complexity index is 1210. The number of hydrogen-bond donors (Lipinski definition) is 0. The quantitative estimate of drug-likeness (QED) is 0.491. The molecule has 3 heteroatoms. The minimum atomic E-state index is -2.42. The van der Waals surface area contributed by atoms with Crippen LogP contribution >= 0.6 is 0 Å². The first kappa shape index (κ1) is 11.0. The summed E-state index contributed by atoms with van der Waals surface area (Å²) in [4.78, 5) is 4.50. The SMILES string of the molecule is [2H]C([2H])([2H])C([2H])(C)c1ccc(-c2c(C)ncc3oc4ccccc4c23)[n+](C)c1. The maximum Gasteiger partial charge on any atom is 0.214 e. The van der Waals surface area contributed by atoms with E-state index in [1.54, 1.807) is 18.5 Å². The first-order valence-corrected chi connectivity index (χ1v) is 7.88. The van der Waals surface area contributed by atoms with Crippen molar-refractivity contribution in [3.63, 3.8) is 0 Å². The molecule has 24 heavy (non-hydrogen) atoms. The lowest BCUT2D eigenvalue weighted by Gasteiger charge is -2.08. The number of para-hydroxylation sites is 1. The lowest BCUT2D eigenvalue weighted by molar-refractivity contribution is -0.660. The summed E-state index contributed by atoms with van der Waals surface area (Å²) in [5.74, 6) is -1.69. The molecule has 0 fully saturated rings. The van der Waals surface area contributed by atoms with Crippen LogP contribution in [-0.2, 0) is 7.05 Å². The molecule has 0 N–H and O–H groups in total. The van der Waals surface area contributed by atoms with Crippen molar-refractivity contribution < 1.29 is 14.5 Å². The molecule has 4 aromatic rings. The minimum Gasteiger partial charge on any atom is -0.454 e. The second-order valence-corrected chi connectivity index (χ2v) is 6.10. The first-order chi connectivity index (χ1) is 13.1. The predicted molar refractivity (Wildman–Crippen MR) is 97.0 cm³/mol. The fraction of sp³-hybridized carbons (Fsp3) is 0.238. The van der Waals surface area contributed by atoms with Gasteiger partial charge in [0.2, 0.25) is 5.69 Å². The third-order valence-corrected chi connectivity index (χ3v) is 4.43. The summed E-state index contributed by atoms with van der Waals surface area (Å²) in [6, 6.07) is 11.4. The summed E-state index contributed by atoms with van der Waals surface area (Å²) in [5, 5.41) is 1.99. The fourth-order valence-electron chi connectivity index (χ4n) is 3.22. The Balaban J connectivity index is 1.98. The topological polar surface area (TPSA) is 29.9 Å². The summed E-state index contributed by atoms with van der Waals surface area (Å²) in [5.41, 5.74) is 4.62. The second kappa shape index (κ2) is 5.45. The van der Waals surface area contributed by atoms with Crippen molar-refractivity contribution >= 4 is 21.9 Å². The van der Waals surface area contributed by atoms with Crippen LogP contribution in [0.15, 0.2) is 53.2 Å². The number of nitrogens with zero attached hydrogens (tertiary/aromatic N) is 2. The molecule has 0 aliphatic rings. The van der Waals surface area contributed by atoms with Gasteiger partial charge in [-0.3, -0.25) is 4.98 Å². The van der Waals surface area contributed by atoms with Crippen LogP contribution in [0.4, 0.5) is 0 Å². The molecule has 120 valence electrons. The summed E-state index contributed by atoms with van der Waals surface area (Å²) in [6.45, 7) is 0.952. The van der Waals surface area contributed by atoms with Crippen molar-refractivity contribution in [2.45, 2.75) is 26.6 Å². The Hall–Kier alpha value is -2.68. The molecule has 1 aromatic carbocycles. The summed E-state index contributed by atoms with van der Waals surface area (Å²) in [7, 11) is 1.86. The van der Waals surface area contributed by atoms with E-state index in [9.17, 15) is 0 Å². The average molecular weight is 321 g/mol.